The lowest BCUT2D eigenvalue weighted by molar-refractivity contribution is 0.356. The van der Waals surface area contributed by atoms with Crippen LogP contribution in [0.4, 0.5) is 11.4 Å². The summed E-state index contributed by atoms with van der Waals surface area (Å²) in [4.78, 5) is 7.47. The third-order valence-electron chi connectivity index (χ3n) is 6.76. The van der Waals surface area contributed by atoms with Gasteiger partial charge in [-0.15, -0.1) is 0 Å². The third-order valence-corrected chi connectivity index (χ3v) is 6.76. The summed E-state index contributed by atoms with van der Waals surface area (Å²) in [5, 5.41) is 5.07. The van der Waals surface area contributed by atoms with Crippen LogP contribution in [0.1, 0.15) is 36.1 Å². The molecule has 162 valence electrons. The van der Waals surface area contributed by atoms with Gasteiger partial charge in [-0.05, 0) is 62.8 Å². The predicted molar refractivity (Wildman–Crippen MR) is 127 cm³/mol. The van der Waals surface area contributed by atoms with Crippen molar-refractivity contribution in [3.63, 3.8) is 0 Å². The van der Waals surface area contributed by atoms with Gasteiger partial charge in [-0.2, -0.15) is 0 Å². The van der Waals surface area contributed by atoms with Gasteiger partial charge in [0, 0.05) is 47.7 Å². The van der Waals surface area contributed by atoms with Crippen LogP contribution in [0.15, 0.2) is 36.4 Å². The van der Waals surface area contributed by atoms with Crippen LogP contribution in [0.25, 0.3) is 10.9 Å². The molecule has 1 fully saturated rings. The quantitative estimate of drug-likeness (QED) is 0.624. The fraction of sp³-hybridized carbons (Fsp3) is 0.423. The third kappa shape index (κ3) is 3.78. The topological polar surface area (TPSA) is 46.6 Å². The SMILES string of the molecule is COc1cc2nc3c(c(NC4CCN(c5ccc(C)cc5)CC4)c2cc1OC)CCC3. The van der Waals surface area contributed by atoms with Gasteiger partial charge in [0.15, 0.2) is 11.5 Å². The maximum atomic E-state index is 5.59. The number of nitrogens with one attached hydrogen (secondary N) is 1. The number of hydrogen-bond acceptors (Lipinski definition) is 5. The molecule has 5 rings (SSSR count). The van der Waals surface area contributed by atoms with E-state index in [-0.39, 0.29) is 0 Å². The van der Waals surface area contributed by atoms with E-state index in [1.54, 1.807) is 14.2 Å². The zero-order valence-corrected chi connectivity index (χ0v) is 18.7. The average Bonchev–Trinajstić information content (AvgIpc) is 3.27. The van der Waals surface area contributed by atoms with E-state index in [1.165, 1.54) is 34.6 Å². The summed E-state index contributed by atoms with van der Waals surface area (Å²) >= 11 is 0. The minimum absolute atomic E-state index is 0.463. The minimum Gasteiger partial charge on any atom is -0.493 e. The highest BCUT2D eigenvalue weighted by molar-refractivity contribution is 5.96. The summed E-state index contributed by atoms with van der Waals surface area (Å²) in [5.41, 5.74) is 7.51. The number of anilines is 2. The van der Waals surface area contributed by atoms with Crippen LogP contribution in [-0.4, -0.2) is 38.3 Å². The Kier molecular flexibility index (Phi) is 5.34. The van der Waals surface area contributed by atoms with Crippen LogP contribution in [0, 0.1) is 6.92 Å². The maximum absolute atomic E-state index is 5.59. The van der Waals surface area contributed by atoms with Crippen LogP contribution in [0.2, 0.25) is 0 Å². The van der Waals surface area contributed by atoms with Gasteiger partial charge in [0.25, 0.3) is 0 Å². The van der Waals surface area contributed by atoms with Crippen LogP contribution in [-0.2, 0) is 12.8 Å². The molecule has 0 radical (unpaired) electrons. The Hall–Kier alpha value is -2.95. The number of piperidine rings is 1. The average molecular weight is 418 g/mol. The number of nitrogens with zero attached hydrogens (tertiary/aromatic N) is 2. The van der Waals surface area contributed by atoms with E-state index in [0.29, 0.717) is 6.04 Å². The number of aryl methyl sites for hydroxylation is 2. The molecule has 5 nitrogen and oxygen atoms in total. The van der Waals surface area contributed by atoms with Crippen molar-refractivity contribution in [2.75, 3.05) is 37.5 Å². The predicted octanol–water partition coefficient (Wildman–Crippen LogP) is 5.13. The van der Waals surface area contributed by atoms with Crippen molar-refractivity contribution in [3.05, 3.63) is 53.2 Å². The monoisotopic (exact) mass is 417 g/mol. The first-order valence-corrected chi connectivity index (χ1v) is 11.3. The van der Waals surface area contributed by atoms with E-state index in [1.807, 2.05) is 6.07 Å². The second-order valence-electron chi connectivity index (χ2n) is 8.73. The molecule has 0 spiro atoms. The number of fused-ring (bicyclic) bond motifs is 2. The standard InChI is InChI=1S/C26H31N3O2/c1-17-7-9-19(10-8-17)29-13-11-18(12-14-29)27-26-20-5-4-6-22(20)28-23-16-25(31-3)24(30-2)15-21(23)26/h7-10,15-16,18H,4-6,11-14H2,1-3H3,(H,27,28). The lowest BCUT2D eigenvalue weighted by Gasteiger charge is -2.35. The lowest BCUT2D eigenvalue weighted by atomic mass is 10.0. The van der Waals surface area contributed by atoms with Gasteiger partial charge >= 0.3 is 0 Å². The van der Waals surface area contributed by atoms with E-state index in [4.69, 9.17) is 14.5 Å². The maximum Gasteiger partial charge on any atom is 0.162 e. The Bertz CT molecular complexity index is 1090. The minimum atomic E-state index is 0.463. The Morgan fingerprint density at radius 1 is 0.968 bits per heavy atom. The molecule has 2 heterocycles. The summed E-state index contributed by atoms with van der Waals surface area (Å²) in [6.45, 7) is 4.29. The zero-order valence-electron chi connectivity index (χ0n) is 18.7. The molecule has 1 N–H and O–H groups in total. The van der Waals surface area contributed by atoms with Crippen molar-refractivity contribution < 1.29 is 9.47 Å². The molecular formula is C26H31N3O2. The van der Waals surface area contributed by atoms with Crippen molar-refractivity contribution in [1.82, 2.24) is 4.98 Å². The number of methoxy groups -OCH3 is 2. The van der Waals surface area contributed by atoms with Crippen LogP contribution in [0.3, 0.4) is 0 Å². The molecule has 5 heteroatoms. The zero-order chi connectivity index (χ0) is 21.4. The summed E-state index contributed by atoms with van der Waals surface area (Å²) in [6.07, 6.45) is 5.57. The molecule has 1 aliphatic heterocycles. The van der Waals surface area contributed by atoms with E-state index < -0.39 is 0 Å². The van der Waals surface area contributed by atoms with Gasteiger partial charge in [-0.1, -0.05) is 17.7 Å². The Morgan fingerprint density at radius 2 is 1.68 bits per heavy atom. The fourth-order valence-corrected chi connectivity index (χ4v) is 5.00. The van der Waals surface area contributed by atoms with Crippen LogP contribution >= 0.6 is 0 Å². The fourth-order valence-electron chi connectivity index (χ4n) is 5.00. The number of hydrogen-bond donors (Lipinski definition) is 1. The lowest BCUT2D eigenvalue weighted by Crippen LogP contribution is -2.39. The molecule has 1 aromatic heterocycles. The second-order valence-corrected chi connectivity index (χ2v) is 8.73. The van der Waals surface area contributed by atoms with Gasteiger partial charge in [-0.3, -0.25) is 4.98 Å². The Labute approximate surface area is 184 Å². The Balaban J connectivity index is 1.42. The molecule has 2 aliphatic rings. The summed E-state index contributed by atoms with van der Waals surface area (Å²) in [5.74, 6) is 1.49. The first-order chi connectivity index (χ1) is 15.2. The molecule has 0 unspecified atom stereocenters. The molecule has 0 atom stereocenters. The second kappa shape index (κ2) is 8.29. The number of pyridine rings is 1. The van der Waals surface area contributed by atoms with Gasteiger partial charge < -0.3 is 19.7 Å². The summed E-state index contributed by atoms with van der Waals surface area (Å²) < 4.78 is 11.1. The van der Waals surface area contributed by atoms with Crippen molar-refractivity contribution in [1.29, 1.82) is 0 Å². The van der Waals surface area contributed by atoms with E-state index in [0.717, 1.165) is 61.2 Å². The van der Waals surface area contributed by atoms with Gasteiger partial charge in [0.1, 0.15) is 0 Å². The highest BCUT2D eigenvalue weighted by atomic mass is 16.5. The molecule has 0 bridgehead atoms. The van der Waals surface area contributed by atoms with E-state index in [9.17, 15) is 0 Å². The highest BCUT2D eigenvalue weighted by Crippen LogP contribution is 2.40. The van der Waals surface area contributed by atoms with Crippen molar-refractivity contribution in [2.45, 2.75) is 45.1 Å². The van der Waals surface area contributed by atoms with Crippen LogP contribution < -0.4 is 19.7 Å². The first-order valence-electron chi connectivity index (χ1n) is 11.3. The molecule has 1 aliphatic carbocycles. The number of rotatable bonds is 5. The highest BCUT2D eigenvalue weighted by Gasteiger charge is 2.25. The van der Waals surface area contributed by atoms with E-state index in [2.05, 4.69) is 47.5 Å². The number of ether oxygens (including phenoxy) is 2. The first kappa shape index (κ1) is 20.0. The molecule has 1 saturated heterocycles. The molecule has 2 aromatic carbocycles. The molecular weight excluding hydrogens is 386 g/mol. The van der Waals surface area contributed by atoms with Gasteiger partial charge in [0.05, 0.1) is 19.7 Å². The molecule has 31 heavy (non-hydrogen) atoms. The molecule has 3 aromatic rings. The van der Waals surface area contributed by atoms with Crippen molar-refractivity contribution >= 4 is 22.3 Å². The van der Waals surface area contributed by atoms with Crippen molar-refractivity contribution in [2.24, 2.45) is 0 Å². The number of aromatic nitrogens is 1. The Morgan fingerprint density at radius 3 is 2.39 bits per heavy atom. The summed E-state index contributed by atoms with van der Waals surface area (Å²) in [7, 11) is 3.37. The normalized spacial score (nSPS) is 16.4. The molecule has 0 saturated carbocycles. The van der Waals surface area contributed by atoms with Gasteiger partial charge in [-0.25, -0.2) is 0 Å². The summed E-state index contributed by atoms with van der Waals surface area (Å²) in [6, 6.07) is 13.5. The molecule has 0 amide bonds. The smallest absolute Gasteiger partial charge is 0.162 e. The van der Waals surface area contributed by atoms with Crippen LogP contribution in [0.5, 0.6) is 11.5 Å². The van der Waals surface area contributed by atoms with Crippen molar-refractivity contribution in [3.8, 4) is 11.5 Å². The van der Waals surface area contributed by atoms with Gasteiger partial charge in [0.2, 0.25) is 0 Å². The van der Waals surface area contributed by atoms with E-state index >= 15 is 0 Å². The number of benzene rings is 2. The largest absolute Gasteiger partial charge is 0.493 e.